The van der Waals surface area contributed by atoms with Gasteiger partial charge in [-0.2, -0.15) is 0 Å². The van der Waals surface area contributed by atoms with Gasteiger partial charge in [-0.25, -0.2) is 0 Å². The lowest BCUT2D eigenvalue weighted by Gasteiger charge is -2.20. The normalized spacial score (nSPS) is 10.3. The first-order valence-electron chi connectivity index (χ1n) is 5.31. The molecule has 0 radical (unpaired) electrons. The van der Waals surface area contributed by atoms with Crippen molar-refractivity contribution in [2.45, 2.75) is 6.42 Å². The summed E-state index contributed by atoms with van der Waals surface area (Å²) in [5.74, 6) is 0.923. The molecular weight excluding hydrogens is 325 g/mol. The van der Waals surface area contributed by atoms with Gasteiger partial charge in [0.05, 0.1) is 6.42 Å². The van der Waals surface area contributed by atoms with Gasteiger partial charge in [0.25, 0.3) is 0 Å². The molecule has 0 aliphatic heterocycles. The van der Waals surface area contributed by atoms with E-state index in [1.807, 2.05) is 24.3 Å². The lowest BCUT2D eigenvalue weighted by molar-refractivity contribution is -0.130. The number of alkyl halides is 2. The van der Waals surface area contributed by atoms with Crippen molar-refractivity contribution in [3.05, 3.63) is 34.3 Å². The van der Waals surface area contributed by atoms with E-state index in [-0.39, 0.29) is 5.91 Å². The molecular formula is C12H14BrCl2NO. The van der Waals surface area contributed by atoms with Crippen molar-refractivity contribution >= 4 is 45.0 Å². The minimum atomic E-state index is 0.0596. The second-order valence-corrected chi connectivity index (χ2v) is 5.24. The summed E-state index contributed by atoms with van der Waals surface area (Å²) in [5, 5.41) is 0. The maximum absolute atomic E-state index is 12.0. The van der Waals surface area contributed by atoms with Gasteiger partial charge in [-0.1, -0.05) is 28.1 Å². The molecule has 0 saturated carbocycles. The molecule has 17 heavy (non-hydrogen) atoms. The molecule has 0 aliphatic rings. The zero-order chi connectivity index (χ0) is 12.7. The van der Waals surface area contributed by atoms with Crippen LogP contribution in [-0.4, -0.2) is 35.7 Å². The quantitative estimate of drug-likeness (QED) is 0.729. The first-order valence-corrected chi connectivity index (χ1v) is 7.17. The summed E-state index contributed by atoms with van der Waals surface area (Å²) in [6.07, 6.45) is 0.382. The highest BCUT2D eigenvalue weighted by atomic mass is 79.9. The standard InChI is InChI=1S/C12H14BrCl2NO/c13-11-3-1-2-10(8-11)9-12(17)16(6-4-14)7-5-15/h1-3,8H,4-7,9H2. The largest absolute Gasteiger partial charge is 0.340 e. The van der Waals surface area contributed by atoms with E-state index >= 15 is 0 Å². The molecule has 0 saturated heterocycles. The summed E-state index contributed by atoms with van der Waals surface area (Å²) in [6, 6.07) is 7.73. The summed E-state index contributed by atoms with van der Waals surface area (Å²) >= 11 is 14.7. The molecule has 0 bridgehead atoms. The van der Waals surface area contributed by atoms with E-state index in [1.54, 1.807) is 4.90 Å². The van der Waals surface area contributed by atoms with Gasteiger partial charge >= 0.3 is 0 Å². The number of hydrogen-bond donors (Lipinski definition) is 0. The number of nitrogens with zero attached hydrogens (tertiary/aromatic N) is 1. The lowest BCUT2D eigenvalue weighted by Crippen LogP contribution is -2.35. The Morgan fingerprint density at radius 3 is 2.41 bits per heavy atom. The van der Waals surface area contributed by atoms with Gasteiger partial charge < -0.3 is 4.90 Å². The second-order valence-electron chi connectivity index (χ2n) is 3.57. The monoisotopic (exact) mass is 337 g/mol. The van der Waals surface area contributed by atoms with Crippen molar-refractivity contribution in [2.24, 2.45) is 0 Å². The molecule has 1 aromatic rings. The van der Waals surface area contributed by atoms with Crippen molar-refractivity contribution in [1.29, 1.82) is 0 Å². The van der Waals surface area contributed by atoms with Gasteiger partial charge in [0.1, 0.15) is 0 Å². The number of halogens is 3. The van der Waals surface area contributed by atoms with Crippen LogP contribution in [0.5, 0.6) is 0 Å². The maximum Gasteiger partial charge on any atom is 0.227 e. The molecule has 5 heteroatoms. The SMILES string of the molecule is O=C(Cc1cccc(Br)c1)N(CCCl)CCCl. The van der Waals surface area contributed by atoms with Crippen molar-refractivity contribution in [1.82, 2.24) is 4.90 Å². The Bertz CT molecular complexity index is 367. The Balaban J connectivity index is 2.62. The Labute approximate surface area is 120 Å². The van der Waals surface area contributed by atoms with Crippen LogP contribution in [0, 0.1) is 0 Å². The fourth-order valence-electron chi connectivity index (χ4n) is 1.50. The average Bonchev–Trinajstić information content (AvgIpc) is 2.28. The van der Waals surface area contributed by atoms with Gasteiger partial charge in [0.15, 0.2) is 0 Å². The molecule has 1 rings (SSSR count). The molecule has 0 aromatic heterocycles. The van der Waals surface area contributed by atoms with Gasteiger partial charge in [0.2, 0.25) is 5.91 Å². The third kappa shape index (κ3) is 5.28. The zero-order valence-corrected chi connectivity index (χ0v) is 12.4. The van der Waals surface area contributed by atoms with Gasteiger partial charge in [-0.3, -0.25) is 4.79 Å². The molecule has 0 aliphatic carbocycles. The van der Waals surface area contributed by atoms with Gasteiger partial charge in [-0.05, 0) is 17.7 Å². The maximum atomic E-state index is 12.0. The molecule has 0 fully saturated rings. The van der Waals surface area contributed by atoms with Gasteiger partial charge in [-0.15, -0.1) is 23.2 Å². The molecule has 1 aromatic carbocycles. The minimum Gasteiger partial charge on any atom is -0.340 e. The summed E-state index contributed by atoms with van der Waals surface area (Å²) < 4.78 is 0.976. The van der Waals surface area contributed by atoms with E-state index in [0.29, 0.717) is 31.3 Å². The molecule has 2 nitrogen and oxygen atoms in total. The van der Waals surface area contributed by atoms with Crippen LogP contribution in [0.1, 0.15) is 5.56 Å². The van der Waals surface area contributed by atoms with E-state index in [2.05, 4.69) is 15.9 Å². The predicted molar refractivity (Wildman–Crippen MR) is 75.9 cm³/mol. The van der Waals surface area contributed by atoms with Crippen LogP contribution in [0.15, 0.2) is 28.7 Å². The topological polar surface area (TPSA) is 20.3 Å². The highest BCUT2D eigenvalue weighted by Crippen LogP contribution is 2.13. The third-order valence-electron chi connectivity index (χ3n) is 2.31. The molecule has 94 valence electrons. The predicted octanol–water partition coefficient (Wildman–Crippen LogP) is 3.30. The Kier molecular flexibility index (Phi) is 6.93. The Morgan fingerprint density at radius 1 is 1.24 bits per heavy atom. The first kappa shape index (κ1) is 14.8. The molecule has 0 N–H and O–H groups in total. The number of carbonyl (C=O) groups excluding carboxylic acids is 1. The number of rotatable bonds is 6. The van der Waals surface area contributed by atoms with Crippen molar-refractivity contribution in [3.8, 4) is 0 Å². The Hall–Kier alpha value is -0.250. The molecule has 0 unspecified atom stereocenters. The second kappa shape index (κ2) is 7.96. The molecule has 0 heterocycles. The molecule has 1 amide bonds. The van der Waals surface area contributed by atoms with Crippen LogP contribution in [-0.2, 0) is 11.2 Å². The number of amides is 1. The van der Waals surface area contributed by atoms with Crippen molar-refractivity contribution in [2.75, 3.05) is 24.8 Å². The average molecular weight is 339 g/mol. The van der Waals surface area contributed by atoms with Crippen molar-refractivity contribution < 1.29 is 4.79 Å². The lowest BCUT2D eigenvalue weighted by atomic mass is 10.1. The fourth-order valence-corrected chi connectivity index (χ4v) is 2.35. The zero-order valence-electron chi connectivity index (χ0n) is 9.33. The van der Waals surface area contributed by atoms with Crippen LogP contribution in [0.4, 0.5) is 0 Å². The van der Waals surface area contributed by atoms with Crippen LogP contribution in [0.2, 0.25) is 0 Å². The van der Waals surface area contributed by atoms with E-state index in [0.717, 1.165) is 10.0 Å². The molecule has 0 spiro atoms. The molecule has 0 atom stereocenters. The van der Waals surface area contributed by atoms with E-state index in [4.69, 9.17) is 23.2 Å². The number of hydrogen-bond acceptors (Lipinski definition) is 1. The fraction of sp³-hybridized carbons (Fsp3) is 0.417. The van der Waals surface area contributed by atoms with Crippen molar-refractivity contribution in [3.63, 3.8) is 0 Å². The van der Waals surface area contributed by atoms with E-state index in [9.17, 15) is 4.79 Å². The first-order chi connectivity index (χ1) is 8.17. The van der Waals surface area contributed by atoms with Gasteiger partial charge in [0, 0.05) is 29.3 Å². The van der Waals surface area contributed by atoms with Crippen LogP contribution < -0.4 is 0 Å². The summed E-state index contributed by atoms with van der Waals surface area (Å²) in [6.45, 7) is 1.09. The number of carbonyl (C=O) groups is 1. The smallest absolute Gasteiger partial charge is 0.227 e. The number of benzene rings is 1. The highest BCUT2D eigenvalue weighted by Gasteiger charge is 2.12. The Morgan fingerprint density at radius 2 is 1.88 bits per heavy atom. The minimum absolute atomic E-state index is 0.0596. The highest BCUT2D eigenvalue weighted by molar-refractivity contribution is 9.10. The van der Waals surface area contributed by atoms with E-state index < -0.39 is 0 Å². The van der Waals surface area contributed by atoms with Crippen LogP contribution >= 0.6 is 39.1 Å². The summed E-state index contributed by atoms with van der Waals surface area (Å²) in [7, 11) is 0. The summed E-state index contributed by atoms with van der Waals surface area (Å²) in [5.41, 5.74) is 0.985. The van der Waals surface area contributed by atoms with Crippen LogP contribution in [0.3, 0.4) is 0 Å². The van der Waals surface area contributed by atoms with Crippen LogP contribution in [0.25, 0.3) is 0 Å². The third-order valence-corrected chi connectivity index (χ3v) is 3.14. The van der Waals surface area contributed by atoms with E-state index in [1.165, 1.54) is 0 Å². The summed E-state index contributed by atoms with van der Waals surface area (Å²) in [4.78, 5) is 13.7.